The van der Waals surface area contributed by atoms with Crippen molar-refractivity contribution in [1.29, 1.82) is 0 Å². The first-order chi connectivity index (χ1) is 5.46. The number of hydrogen-bond donors (Lipinski definition) is 0. The van der Waals surface area contributed by atoms with E-state index in [0.29, 0.717) is 8.95 Å². The Morgan fingerprint density at radius 2 is 0.833 bits per heavy atom. The van der Waals surface area contributed by atoms with E-state index in [-0.39, 0.29) is 8.95 Å². The van der Waals surface area contributed by atoms with Crippen LogP contribution in [-0.4, -0.2) is 0 Å². The Balaban J connectivity index is 3.60. The maximum atomic E-state index is 12.9. The fraction of sp³-hybridized carbons (Fsp3) is 0. The topological polar surface area (TPSA) is 0 Å². The molecule has 0 fully saturated rings. The van der Waals surface area contributed by atoms with Gasteiger partial charge in [-0.15, -0.1) is 0 Å². The average molecular weight is 430 g/mol. The highest BCUT2D eigenvalue weighted by Gasteiger charge is 2.18. The van der Waals surface area contributed by atoms with Crippen molar-refractivity contribution in [2.24, 2.45) is 0 Å². The largest absolute Gasteiger partial charge is 0.202 e. The summed E-state index contributed by atoms with van der Waals surface area (Å²) in [6, 6.07) is 0. The van der Waals surface area contributed by atoms with E-state index in [4.69, 9.17) is 0 Å². The van der Waals surface area contributed by atoms with Crippen molar-refractivity contribution in [2.75, 3.05) is 0 Å². The molecule has 0 aromatic heterocycles. The van der Waals surface area contributed by atoms with Crippen LogP contribution < -0.4 is 0 Å². The number of hydrogen-bond acceptors (Lipinski definition) is 0. The van der Waals surface area contributed by atoms with Gasteiger partial charge in [-0.25, -0.2) is 8.78 Å². The second kappa shape index (κ2) is 4.02. The Morgan fingerprint density at radius 3 is 1.08 bits per heavy atom. The summed E-state index contributed by atoms with van der Waals surface area (Å²) in [6.45, 7) is 0. The molecule has 6 heteroatoms. The van der Waals surface area contributed by atoms with E-state index in [1.54, 1.807) is 0 Å². The molecule has 0 saturated heterocycles. The minimum atomic E-state index is -0.919. The Morgan fingerprint density at radius 1 is 0.583 bits per heavy atom. The summed E-state index contributed by atoms with van der Waals surface area (Å²) in [6.07, 6.45) is 0. The van der Waals surface area contributed by atoms with Crippen LogP contribution in [0.2, 0.25) is 0 Å². The summed E-state index contributed by atoms with van der Waals surface area (Å²) in [7, 11) is 0. The van der Waals surface area contributed by atoms with Crippen LogP contribution in [0, 0.1) is 11.6 Å². The molecule has 0 radical (unpaired) electrons. The van der Waals surface area contributed by atoms with E-state index >= 15 is 0 Å². The highest BCUT2D eigenvalue weighted by Crippen LogP contribution is 2.40. The van der Waals surface area contributed by atoms with Gasteiger partial charge in [0, 0.05) is 0 Å². The smallest absolute Gasteiger partial charge is 0.175 e. The molecule has 1 aromatic carbocycles. The molecular weight excluding hydrogens is 430 g/mol. The summed E-state index contributed by atoms with van der Waals surface area (Å²) < 4.78 is 26.9. The molecule has 0 spiro atoms. The lowest BCUT2D eigenvalue weighted by atomic mass is 10.3. The lowest BCUT2D eigenvalue weighted by Gasteiger charge is -2.05. The number of benzene rings is 1. The van der Waals surface area contributed by atoms with Gasteiger partial charge in [0.2, 0.25) is 0 Å². The van der Waals surface area contributed by atoms with Crippen molar-refractivity contribution in [3.05, 3.63) is 29.5 Å². The predicted octanol–water partition coefficient (Wildman–Crippen LogP) is 5.01. The van der Waals surface area contributed by atoms with Crippen LogP contribution in [0.1, 0.15) is 0 Å². The molecule has 1 aromatic rings. The molecular formula is C6Br4F2. The van der Waals surface area contributed by atoms with Gasteiger partial charge in [-0.3, -0.25) is 0 Å². The summed E-state index contributed by atoms with van der Waals surface area (Å²) >= 11 is 12.0. The van der Waals surface area contributed by atoms with Gasteiger partial charge in [0.05, 0.1) is 17.9 Å². The molecule has 0 aliphatic rings. The quantitative estimate of drug-likeness (QED) is 0.401. The highest BCUT2D eigenvalue weighted by molar-refractivity contribution is 9.15. The molecule has 1 rings (SSSR count). The molecule has 0 nitrogen and oxygen atoms in total. The first-order valence-electron chi connectivity index (χ1n) is 2.63. The van der Waals surface area contributed by atoms with Gasteiger partial charge in [-0.2, -0.15) is 0 Å². The van der Waals surface area contributed by atoms with Crippen molar-refractivity contribution < 1.29 is 8.78 Å². The monoisotopic (exact) mass is 426 g/mol. The van der Waals surface area contributed by atoms with E-state index < -0.39 is 11.6 Å². The lowest BCUT2D eigenvalue weighted by Crippen LogP contribution is -1.90. The fourth-order valence-electron chi connectivity index (χ4n) is 0.578. The van der Waals surface area contributed by atoms with Crippen LogP contribution in [-0.2, 0) is 0 Å². The average Bonchev–Trinajstić information content (AvgIpc) is 2.08. The second-order valence-electron chi connectivity index (χ2n) is 1.88. The van der Waals surface area contributed by atoms with Gasteiger partial charge in [0.25, 0.3) is 0 Å². The number of halogens is 6. The standard InChI is InChI=1S/C6Br4F2/c7-1-2(8)4(10)6(12)5(11)3(1)9. The molecule has 0 aliphatic carbocycles. The molecule has 0 atom stereocenters. The van der Waals surface area contributed by atoms with E-state index in [1.807, 2.05) is 0 Å². The normalized spacial score (nSPS) is 10.5. The first kappa shape index (κ1) is 11.1. The van der Waals surface area contributed by atoms with E-state index in [0.717, 1.165) is 0 Å². The Bertz CT molecular complexity index is 232. The highest BCUT2D eigenvalue weighted by atomic mass is 79.9. The molecule has 12 heavy (non-hydrogen) atoms. The summed E-state index contributed by atoms with van der Waals surface area (Å²) in [5.74, 6) is -1.84. The van der Waals surface area contributed by atoms with Crippen LogP contribution in [0.25, 0.3) is 0 Å². The third-order valence-electron chi connectivity index (χ3n) is 1.16. The van der Waals surface area contributed by atoms with Crippen molar-refractivity contribution in [3.8, 4) is 0 Å². The minimum absolute atomic E-state index is 0.0649. The van der Waals surface area contributed by atoms with E-state index in [9.17, 15) is 8.78 Å². The zero-order valence-electron chi connectivity index (χ0n) is 5.27. The van der Waals surface area contributed by atoms with Crippen LogP contribution in [0.4, 0.5) is 8.78 Å². The third kappa shape index (κ3) is 1.76. The minimum Gasteiger partial charge on any atom is -0.202 e. The third-order valence-corrected chi connectivity index (χ3v) is 5.83. The van der Waals surface area contributed by atoms with E-state index in [1.165, 1.54) is 0 Å². The van der Waals surface area contributed by atoms with Gasteiger partial charge < -0.3 is 0 Å². The zero-order chi connectivity index (χ0) is 9.46. The molecule has 66 valence electrons. The van der Waals surface area contributed by atoms with Crippen LogP contribution >= 0.6 is 63.7 Å². The van der Waals surface area contributed by atoms with Crippen molar-refractivity contribution >= 4 is 63.7 Å². The molecule has 0 saturated carbocycles. The van der Waals surface area contributed by atoms with E-state index in [2.05, 4.69) is 63.7 Å². The maximum absolute atomic E-state index is 12.9. The van der Waals surface area contributed by atoms with Gasteiger partial charge in [0.15, 0.2) is 11.6 Å². The Hall–Kier alpha value is 1.000. The molecule has 0 heterocycles. The zero-order valence-corrected chi connectivity index (χ0v) is 11.6. The maximum Gasteiger partial charge on any atom is 0.175 e. The number of rotatable bonds is 0. The first-order valence-corrected chi connectivity index (χ1v) is 5.81. The molecule has 0 bridgehead atoms. The van der Waals surface area contributed by atoms with Gasteiger partial charge in [0.1, 0.15) is 0 Å². The Kier molecular flexibility index (Phi) is 3.71. The molecule has 0 N–H and O–H groups in total. The van der Waals surface area contributed by atoms with Crippen molar-refractivity contribution in [3.63, 3.8) is 0 Å². The van der Waals surface area contributed by atoms with Crippen LogP contribution in [0.3, 0.4) is 0 Å². The molecule has 0 aliphatic heterocycles. The van der Waals surface area contributed by atoms with Crippen molar-refractivity contribution in [2.45, 2.75) is 0 Å². The predicted molar refractivity (Wildman–Crippen MR) is 57.2 cm³/mol. The molecule has 0 amide bonds. The van der Waals surface area contributed by atoms with Gasteiger partial charge >= 0.3 is 0 Å². The van der Waals surface area contributed by atoms with Gasteiger partial charge in [-0.1, -0.05) is 0 Å². The van der Waals surface area contributed by atoms with Crippen LogP contribution in [0.15, 0.2) is 17.9 Å². The van der Waals surface area contributed by atoms with Gasteiger partial charge in [-0.05, 0) is 63.7 Å². The SMILES string of the molecule is Fc1c(F)c(Br)c(Br)c(Br)c1Br. The second-order valence-corrected chi connectivity index (χ2v) is 5.06. The lowest BCUT2D eigenvalue weighted by molar-refractivity contribution is 0.498. The molecule has 0 unspecified atom stereocenters. The summed E-state index contributed by atoms with van der Waals surface area (Å²) in [4.78, 5) is 0. The Labute approximate surface area is 101 Å². The van der Waals surface area contributed by atoms with Crippen LogP contribution in [0.5, 0.6) is 0 Å². The summed E-state index contributed by atoms with van der Waals surface area (Å²) in [5.41, 5.74) is 0. The fourth-order valence-corrected chi connectivity index (χ4v) is 2.60. The summed E-state index contributed by atoms with van der Waals surface area (Å²) in [5, 5.41) is 0. The van der Waals surface area contributed by atoms with Crippen molar-refractivity contribution in [1.82, 2.24) is 0 Å².